The van der Waals surface area contributed by atoms with Crippen LogP contribution in [-0.2, 0) is 26.6 Å². The zero-order valence-corrected chi connectivity index (χ0v) is 15.3. The van der Waals surface area contributed by atoms with Crippen molar-refractivity contribution >= 4 is 20.0 Å². The van der Waals surface area contributed by atoms with Gasteiger partial charge < -0.3 is 0 Å². The van der Waals surface area contributed by atoms with Crippen molar-refractivity contribution in [2.75, 3.05) is 13.1 Å². The summed E-state index contributed by atoms with van der Waals surface area (Å²) < 4.78 is 53.3. The zero-order chi connectivity index (χ0) is 17.9. The maximum Gasteiger partial charge on any atom is 0.243 e. The maximum atomic E-state index is 12.5. The second-order valence-corrected chi connectivity index (χ2v) is 9.60. The molecule has 3 rings (SSSR count). The third-order valence-electron chi connectivity index (χ3n) is 4.15. The Hall–Kier alpha value is -1.74. The van der Waals surface area contributed by atoms with Crippen molar-refractivity contribution in [1.29, 1.82) is 0 Å². The summed E-state index contributed by atoms with van der Waals surface area (Å²) in [6.45, 7) is 1.21. The van der Waals surface area contributed by atoms with Crippen LogP contribution >= 0.6 is 0 Å². The van der Waals surface area contributed by atoms with E-state index in [4.69, 9.17) is 0 Å². The molecule has 1 saturated heterocycles. The van der Waals surface area contributed by atoms with Gasteiger partial charge in [-0.1, -0.05) is 30.3 Å². The molecule has 1 aliphatic rings. The summed E-state index contributed by atoms with van der Waals surface area (Å²) in [7, 11) is -7.03. The Bertz CT molecular complexity index is 918. The first-order valence-corrected chi connectivity index (χ1v) is 11.0. The van der Waals surface area contributed by atoms with Gasteiger partial charge in [-0.05, 0) is 42.7 Å². The molecule has 0 spiro atoms. The highest BCUT2D eigenvalue weighted by Crippen LogP contribution is 2.21. The monoisotopic (exact) mass is 380 g/mol. The van der Waals surface area contributed by atoms with E-state index < -0.39 is 20.0 Å². The Morgan fingerprint density at radius 1 is 0.800 bits per heavy atom. The van der Waals surface area contributed by atoms with Crippen molar-refractivity contribution in [3.05, 3.63) is 60.2 Å². The number of sulfonamides is 2. The summed E-state index contributed by atoms with van der Waals surface area (Å²) in [4.78, 5) is 0.437. The van der Waals surface area contributed by atoms with Crippen LogP contribution in [0.1, 0.15) is 18.4 Å². The molecule has 1 fully saturated rings. The maximum absolute atomic E-state index is 12.5. The molecule has 8 heteroatoms. The fourth-order valence-corrected chi connectivity index (χ4v) is 5.27. The first-order valence-electron chi connectivity index (χ1n) is 8.03. The van der Waals surface area contributed by atoms with E-state index in [0.29, 0.717) is 18.7 Å². The molecular formula is C17H20N2O4S2. The van der Waals surface area contributed by atoms with Crippen LogP contribution in [0.2, 0.25) is 0 Å². The number of rotatable bonds is 6. The number of nitrogens with one attached hydrogen (secondary N) is 1. The summed E-state index contributed by atoms with van der Waals surface area (Å²) in [6.07, 6.45) is 1.77. The smallest absolute Gasteiger partial charge is 0.207 e. The van der Waals surface area contributed by atoms with Gasteiger partial charge >= 0.3 is 0 Å². The molecular weight excluding hydrogens is 360 g/mol. The van der Waals surface area contributed by atoms with Crippen molar-refractivity contribution < 1.29 is 16.8 Å². The molecule has 0 radical (unpaired) electrons. The Morgan fingerprint density at radius 3 is 2.00 bits per heavy atom. The molecule has 1 aliphatic heterocycles. The molecule has 0 unspecified atom stereocenters. The highest BCUT2D eigenvalue weighted by molar-refractivity contribution is 7.89. The summed E-state index contributed by atoms with van der Waals surface area (Å²) in [5.74, 6) is 0. The molecule has 25 heavy (non-hydrogen) atoms. The number of nitrogens with zero attached hydrogens (tertiary/aromatic N) is 1. The third-order valence-corrected chi connectivity index (χ3v) is 7.48. The summed E-state index contributed by atoms with van der Waals surface area (Å²) >= 11 is 0. The standard InChI is InChI=1S/C17H20N2O4S2/c20-24(21,16-6-2-1-3-7-16)18-14-15-8-10-17(11-9-15)25(22,23)19-12-4-5-13-19/h1-3,6-11,18H,4-5,12-14H2. The van der Waals surface area contributed by atoms with Crippen molar-refractivity contribution in [3.63, 3.8) is 0 Å². The molecule has 1 N–H and O–H groups in total. The van der Waals surface area contributed by atoms with Gasteiger partial charge in [0, 0.05) is 19.6 Å². The second-order valence-electron chi connectivity index (χ2n) is 5.89. The highest BCUT2D eigenvalue weighted by atomic mass is 32.2. The van der Waals surface area contributed by atoms with Gasteiger partial charge in [-0.3, -0.25) is 0 Å². The summed E-state index contributed by atoms with van der Waals surface area (Å²) in [6, 6.07) is 14.4. The zero-order valence-electron chi connectivity index (χ0n) is 13.6. The van der Waals surface area contributed by atoms with E-state index in [1.165, 1.54) is 28.6 Å². The largest absolute Gasteiger partial charge is 0.243 e. The second kappa shape index (κ2) is 7.25. The predicted molar refractivity (Wildman–Crippen MR) is 94.9 cm³/mol. The molecule has 2 aromatic rings. The van der Waals surface area contributed by atoms with E-state index in [9.17, 15) is 16.8 Å². The number of hydrogen-bond donors (Lipinski definition) is 1. The lowest BCUT2D eigenvalue weighted by molar-refractivity contribution is 0.477. The van der Waals surface area contributed by atoms with Gasteiger partial charge in [-0.25, -0.2) is 21.6 Å². The molecule has 1 heterocycles. The lowest BCUT2D eigenvalue weighted by Gasteiger charge is -2.15. The van der Waals surface area contributed by atoms with E-state index in [-0.39, 0.29) is 16.3 Å². The summed E-state index contributed by atoms with van der Waals surface area (Å²) in [5, 5.41) is 0. The van der Waals surface area contributed by atoms with Gasteiger partial charge in [-0.15, -0.1) is 0 Å². The van der Waals surface area contributed by atoms with Gasteiger partial charge in [0.15, 0.2) is 0 Å². The molecule has 0 saturated carbocycles. The van der Waals surface area contributed by atoms with Crippen LogP contribution in [-0.4, -0.2) is 34.2 Å². The lowest BCUT2D eigenvalue weighted by Crippen LogP contribution is -2.28. The fraction of sp³-hybridized carbons (Fsp3) is 0.294. The molecule has 0 atom stereocenters. The van der Waals surface area contributed by atoms with Crippen molar-refractivity contribution in [2.45, 2.75) is 29.2 Å². The van der Waals surface area contributed by atoms with Crippen LogP contribution in [0.4, 0.5) is 0 Å². The number of benzene rings is 2. The normalized spacial score (nSPS) is 16.2. The van der Waals surface area contributed by atoms with Gasteiger partial charge in [0.25, 0.3) is 0 Å². The minimum atomic E-state index is -3.59. The Labute approximate surface area is 148 Å². The molecule has 0 bridgehead atoms. The van der Waals surface area contributed by atoms with Crippen LogP contribution < -0.4 is 4.72 Å². The molecule has 6 nitrogen and oxygen atoms in total. The Balaban J connectivity index is 1.69. The van der Waals surface area contributed by atoms with Crippen LogP contribution in [0.25, 0.3) is 0 Å². The average molecular weight is 380 g/mol. The Morgan fingerprint density at radius 2 is 1.40 bits per heavy atom. The first kappa shape index (κ1) is 18.1. The van der Waals surface area contributed by atoms with Gasteiger partial charge in [0.05, 0.1) is 9.79 Å². The van der Waals surface area contributed by atoms with Crippen LogP contribution in [0, 0.1) is 0 Å². The van der Waals surface area contributed by atoms with E-state index in [0.717, 1.165) is 12.8 Å². The first-order chi connectivity index (χ1) is 11.9. The van der Waals surface area contributed by atoms with E-state index in [1.807, 2.05) is 0 Å². The lowest BCUT2D eigenvalue weighted by atomic mass is 10.2. The number of hydrogen-bond acceptors (Lipinski definition) is 4. The molecule has 0 aliphatic carbocycles. The van der Waals surface area contributed by atoms with Crippen molar-refractivity contribution in [1.82, 2.24) is 9.03 Å². The van der Waals surface area contributed by atoms with E-state index in [1.54, 1.807) is 30.3 Å². The highest BCUT2D eigenvalue weighted by Gasteiger charge is 2.26. The quantitative estimate of drug-likeness (QED) is 0.830. The topological polar surface area (TPSA) is 83.5 Å². The molecule has 0 aromatic heterocycles. The minimum absolute atomic E-state index is 0.0985. The molecule has 2 aromatic carbocycles. The molecule has 0 amide bonds. The Kier molecular flexibility index (Phi) is 5.24. The average Bonchev–Trinajstić information content (AvgIpc) is 3.17. The SMILES string of the molecule is O=S(=O)(NCc1ccc(S(=O)(=O)N2CCCC2)cc1)c1ccccc1. The van der Waals surface area contributed by atoms with Crippen LogP contribution in [0.15, 0.2) is 64.4 Å². The van der Waals surface area contributed by atoms with Gasteiger partial charge in [-0.2, -0.15) is 4.31 Å². The fourth-order valence-electron chi connectivity index (χ4n) is 2.72. The van der Waals surface area contributed by atoms with Crippen LogP contribution in [0.5, 0.6) is 0 Å². The van der Waals surface area contributed by atoms with Gasteiger partial charge in [0.2, 0.25) is 20.0 Å². The minimum Gasteiger partial charge on any atom is -0.207 e. The van der Waals surface area contributed by atoms with Gasteiger partial charge in [0.1, 0.15) is 0 Å². The van der Waals surface area contributed by atoms with Crippen molar-refractivity contribution in [3.8, 4) is 0 Å². The third kappa shape index (κ3) is 4.09. The molecule has 134 valence electrons. The van der Waals surface area contributed by atoms with Crippen molar-refractivity contribution in [2.24, 2.45) is 0 Å². The van der Waals surface area contributed by atoms with E-state index >= 15 is 0 Å². The predicted octanol–water partition coefficient (Wildman–Crippen LogP) is 1.95. The summed E-state index contributed by atoms with van der Waals surface area (Å²) in [5.41, 5.74) is 0.694. The van der Waals surface area contributed by atoms with E-state index in [2.05, 4.69) is 4.72 Å². The van der Waals surface area contributed by atoms with Crippen LogP contribution in [0.3, 0.4) is 0 Å².